The van der Waals surface area contributed by atoms with Crippen molar-refractivity contribution in [3.8, 4) is 17.3 Å². The van der Waals surface area contributed by atoms with Gasteiger partial charge in [0, 0.05) is 19.2 Å². The second-order valence-electron chi connectivity index (χ2n) is 7.23. The number of anilines is 1. The summed E-state index contributed by atoms with van der Waals surface area (Å²) in [6.07, 6.45) is 4.19. The highest BCUT2D eigenvalue weighted by molar-refractivity contribution is 6.32. The zero-order valence-corrected chi connectivity index (χ0v) is 17.2. The van der Waals surface area contributed by atoms with Crippen LogP contribution in [0.3, 0.4) is 0 Å². The average Bonchev–Trinajstić information content (AvgIpc) is 2.78. The molecule has 3 aromatic rings. The average molecular weight is 447 g/mol. The standard InChI is InChI=1S/C21H20ClFN4O4/c22-19-17(25-12-21(29)8-1-9-30-13-21)11-26-27(20(19)28)15-4-7-18(24-10-15)31-16-5-2-14(23)3-6-16/h2-7,10-11,25,29H,1,8-9,12-13H2/t21-/m1/s1. The van der Waals surface area contributed by atoms with Crippen LogP contribution in [0.5, 0.6) is 11.6 Å². The number of ether oxygens (including phenoxy) is 2. The van der Waals surface area contributed by atoms with Gasteiger partial charge in [-0.15, -0.1) is 0 Å². The Bertz CT molecular complexity index is 1100. The van der Waals surface area contributed by atoms with Gasteiger partial charge < -0.3 is 19.9 Å². The highest BCUT2D eigenvalue weighted by Gasteiger charge is 2.30. The van der Waals surface area contributed by atoms with Gasteiger partial charge in [0.1, 0.15) is 22.2 Å². The Morgan fingerprint density at radius 2 is 2.06 bits per heavy atom. The SMILES string of the molecule is O=c1c(Cl)c(NC[C@]2(O)CCCOC2)cnn1-c1ccc(Oc2ccc(F)cc2)nc1. The van der Waals surface area contributed by atoms with Gasteiger partial charge in [-0.2, -0.15) is 9.78 Å². The van der Waals surface area contributed by atoms with Gasteiger partial charge >= 0.3 is 0 Å². The molecule has 0 amide bonds. The zero-order chi connectivity index (χ0) is 21.8. The minimum absolute atomic E-state index is 0.0537. The van der Waals surface area contributed by atoms with Gasteiger partial charge in [-0.25, -0.2) is 9.37 Å². The summed E-state index contributed by atoms with van der Waals surface area (Å²) in [5.41, 5.74) is -0.830. The molecule has 10 heteroatoms. The van der Waals surface area contributed by atoms with E-state index in [4.69, 9.17) is 21.1 Å². The first kappa shape index (κ1) is 21.2. The fourth-order valence-corrected chi connectivity index (χ4v) is 3.35. The summed E-state index contributed by atoms with van der Waals surface area (Å²) in [5, 5.41) is 17.6. The van der Waals surface area contributed by atoms with Gasteiger partial charge in [-0.1, -0.05) is 11.6 Å². The van der Waals surface area contributed by atoms with E-state index in [1.807, 2.05) is 0 Å². The summed E-state index contributed by atoms with van der Waals surface area (Å²) in [4.78, 5) is 16.8. The number of halogens is 2. The topological polar surface area (TPSA) is 98.5 Å². The molecule has 1 aromatic carbocycles. The van der Waals surface area contributed by atoms with Crippen LogP contribution in [0.25, 0.3) is 5.69 Å². The molecule has 31 heavy (non-hydrogen) atoms. The molecule has 1 fully saturated rings. The van der Waals surface area contributed by atoms with Gasteiger partial charge in [-0.05, 0) is 43.2 Å². The van der Waals surface area contributed by atoms with Crippen LogP contribution in [0.4, 0.5) is 10.1 Å². The summed E-state index contributed by atoms with van der Waals surface area (Å²) in [6, 6.07) is 8.70. The van der Waals surface area contributed by atoms with Crippen LogP contribution in [-0.4, -0.2) is 45.2 Å². The van der Waals surface area contributed by atoms with E-state index in [2.05, 4.69) is 15.4 Å². The maximum Gasteiger partial charge on any atom is 0.292 e. The summed E-state index contributed by atoms with van der Waals surface area (Å²) >= 11 is 6.24. The molecule has 2 aromatic heterocycles. The molecule has 0 saturated carbocycles. The second kappa shape index (κ2) is 9.01. The minimum Gasteiger partial charge on any atom is -0.439 e. The maximum atomic E-state index is 13.0. The van der Waals surface area contributed by atoms with E-state index < -0.39 is 11.2 Å². The first-order valence-electron chi connectivity index (χ1n) is 9.65. The lowest BCUT2D eigenvalue weighted by Crippen LogP contribution is -2.44. The van der Waals surface area contributed by atoms with Gasteiger partial charge in [0.25, 0.3) is 5.56 Å². The molecule has 4 rings (SSSR count). The number of nitrogens with zero attached hydrogens (tertiary/aromatic N) is 3. The minimum atomic E-state index is -1.01. The van der Waals surface area contributed by atoms with E-state index in [1.165, 1.54) is 36.7 Å². The van der Waals surface area contributed by atoms with Gasteiger partial charge in [0.2, 0.25) is 5.88 Å². The lowest BCUT2D eigenvalue weighted by molar-refractivity contribution is -0.0763. The fraction of sp³-hybridized carbons (Fsp3) is 0.286. The van der Waals surface area contributed by atoms with Gasteiger partial charge in [0.15, 0.2) is 0 Å². The zero-order valence-electron chi connectivity index (χ0n) is 16.4. The molecule has 8 nitrogen and oxygen atoms in total. The lowest BCUT2D eigenvalue weighted by atomic mass is 9.97. The summed E-state index contributed by atoms with van der Waals surface area (Å²) in [6.45, 7) is 1.04. The normalized spacial score (nSPS) is 18.5. The van der Waals surface area contributed by atoms with Crippen molar-refractivity contribution in [1.82, 2.24) is 14.8 Å². The number of aliphatic hydroxyl groups is 1. The number of pyridine rings is 1. The van der Waals surface area contributed by atoms with Crippen molar-refractivity contribution in [3.05, 3.63) is 70.0 Å². The molecule has 0 radical (unpaired) electrons. The number of aromatic nitrogens is 3. The molecule has 0 spiro atoms. The van der Waals surface area contributed by atoms with Crippen LogP contribution in [0, 0.1) is 5.82 Å². The molecule has 2 N–H and O–H groups in total. The number of hydrogen-bond acceptors (Lipinski definition) is 7. The summed E-state index contributed by atoms with van der Waals surface area (Å²) in [5.74, 6) is 0.341. The van der Waals surface area contributed by atoms with Crippen LogP contribution >= 0.6 is 11.6 Å². The lowest BCUT2D eigenvalue weighted by Gasteiger charge is -2.32. The van der Waals surface area contributed by atoms with E-state index in [1.54, 1.807) is 12.1 Å². The Labute approximate surface area is 182 Å². The van der Waals surface area contributed by atoms with E-state index in [0.717, 1.165) is 11.1 Å². The van der Waals surface area contributed by atoms with E-state index in [9.17, 15) is 14.3 Å². The third-order valence-corrected chi connectivity index (χ3v) is 5.19. The van der Waals surface area contributed by atoms with Crippen molar-refractivity contribution >= 4 is 17.3 Å². The van der Waals surface area contributed by atoms with E-state index in [0.29, 0.717) is 30.2 Å². The molecular weight excluding hydrogens is 427 g/mol. The second-order valence-corrected chi connectivity index (χ2v) is 7.61. The Morgan fingerprint density at radius 1 is 1.26 bits per heavy atom. The molecule has 1 aliphatic rings. The van der Waals surface area contributed by atoms with Crippen LogP contribution in [0.1, 0.15) is 12.8 Å². The van der Waals surface area contributed by atoms with E-state index in [-0.39, 0.29) is 29.9 Å². The Hall–Kier alpha value is -3.01. The van der Waals surface area contributed by atoms with Crippen molar-refractivity contribution < 1.29 is 19.0 Å². The van der Waals surface area contributed by atoms with Crippen molar-refractivity contribution in [1.29, 1.82) is 0 Å². The van der Waals surface area contributed by atoms with Crippen LogP contribution in [-0.2, 0) is 4.74 Å². The first-order valence-corrected chi connectivity index (χ1v) is 10.0. The maximum absolute atomic E-state index is 13.0. The van der Waals surface area contributed by atoms with Crippen molar-refractivity contribution in [2.45, 2.75) is 18.4 Å². The van der Waals surface area contributed by atoms with Gasteiger partial charge in [0.05, 0.1) is 30.4 Å². The molecular formula is C21H20ClFN4O4. The van der Waals surface area contributed by atoms with Crippen LogP contribution < -0.4 is 15.6 Å². The van der Waals surface area contributed by atoms with Crippen LogP contribution in [0.15, 0.2) is 53.6 Å². The Morgan fingerprint density at radius 3 is 2.74 bits per heavy atom. The number of rotatable bonds is 6. The van der Waals surface area contributed by atoms with Crippen LogP contribution in [0.2, 0.25) is 5.02 Å². The quantitative estimate of drug-likeness (QED) is 0.600. The summed E-state index contributed by atoms with van der Waals surface area (Å²) in [7, 11) is 0. The number of nitrogens with one attached hydrogen (secondary N) is 1. The molecule has 1 saturated heterocycles. The third kappa shape index (κ3) is 5.01. The summed E-state index contributed by atoms with van der Waals surface area (Å²) < 4.78 is 25.0. The predicted octanol–water partition coefficient (Wildman–Crippen LogP) is 3.17. The number of benzene rings is 1. The Kier molecular flexibility index (Phi) is 6.17. The molecule has 3 heterocycles. The monoisotopic (exact) mass is 446 g/mol. The molecule has 0 unspecified atom stereocenters. The van der Waals surface area contributed by atoms with Crippen molar-refractivity contribution in [2.75, 3.05) is 25.1 Å². The molecule has 162 valence electrons. The predicted molar refractivity (Wildman–Crippen MR) is 113 cm³/mol. The highest BCUT2D eigenvalue weighted by atomic mass is 35.5. The third-order valence-electron chi connectivity index (χ3n) is 4.83. The van der Waals surface area contributed by atoms with E-state index >= 15 is 0 Å². The molecule has 1 atom stereocenters. The molecule has 1 aliphatic heterocycles. The highest BCUT2D eigenvalue weighted by Crippen LogP contribution is 2.23. The fourth-order valence-electron chi connectivity index (χ4n) is 3.16. The largest absolute Gasteiger partial charge is 0.439 e. The van der Waals surface area contributed by atoms with Gasteiger partial charge in [-0.3, -0.25) is 4.79 Å². The van der Waals surface area contributed by atoms with Crippen molar-refractivity contribution in [3.63, 3.8) is 0 Å². The molecule has 0 aliphatic carbocycles. The molecule has 0 bridgehead atoms. The number of hydrogen-bond donors (Lipinski definition) is 2. The Balaban J connectivity index is 1.47. The van der Waals surface area contributed by atoms with Crippen molar-refractivity contribution in [2.24, 2.45) is 0 Å². The smallest absolute Gasteiger partial charge is 0.292 e. The first-order chi connectivity index (χ1) is 14.9.